The third-order valence-corrected chi connectivity index (χ3v) is 7.69. The van der Waals surface area contributed by atoms with E-state index in [1.807, 2.05) is 24.3 Å². The minimum absolute atomic E-state index is 0.215. The normalized spacial score (nSPS) is 17.4. The van der Waals surface area contributed by atoms with Crippen LogP contribution in [-0.4, -0.2) is 25.0 Å². The SMILES string of the molecule is CCCCCCCCCOc1ccc(C(=O)COC(=O)c2ccc(C3CCC(CCC)CC3)cc2)cc1. The smallest absolute Gasteiger partial charge is 0.338 e. The monoisotopic (exact) mass is 506 g/mol. The van der Waals surface area contributed by atoms with Gasteiger partial charge in [0.15, 0.2) is 12.4 Å². The second kappa shape index (κ2) is 16.3. The maximum absolute atomic E-state index is 12.5. The molecule has 1 fully saturated rings. The zero-order valence-corrected chi connectivity index (χ0v) is 23.0. The Hall–Kier alpha value is -2.62. The lowest BCUT2D eigenvalue weighted by Gasteiger charge is -2.28. The highest BCUT2D eigenvalue weighted by atomic mass is 16.5. The van der Waals surface area contributed by atoms with Gasteiger partial charge in [0.1, 0.15) is 5.75 Å². The van der Waals surface area contributed by atoms with Gasteiger partial charge in [0.2, 0.25) is 0 Å². The number of ether oxygens (including phenoxy) is 2. The van der Waals surface area contributed by atoms with Crippen LogP contribution >= 0.6 is 0 Å². The van der Waals surface area contributed by atoms with Gasteiger partial charge in [0.25, 0.3) is 0 Å². The fourth-order valence-corrected chi connectivity index (χ4v) is 5.37. The molecule has 0 spiro atoms. The lowest BCUT2D eigenvalue weighted by Crippen LogP contribution is -2.15. The van der Waals surface area contributed by atoms with Crippen LogP contribution < -0.4 is 4.74 Å². The van der Waals surface area contributed by atoms with Crippen LogP contribution in [0.4, 0.5) is 0 Å². The first kappa shape index (κ1) is 28.9. The van der Waals surface area contributed by atoms with Gasteiger partial charge in [-0.05, 0) is 85.9 Å². The van der Waals surface area contributed by atoms with E-state index in [9.17, 15) is 9.59 Å². The standard InChI is InChI=1S/C33H46O4/c1-3-5-6-7-8-9-10-24-36-31-22-20-29(21-23-31)32(34)25-37-33(35)30-18-16-28(17-19-30)27-14-12-26(11-4-2)13-15-27/h16-23,26-27H,3-15,24-25H2,1-2H3. The molecule has 0 saturated heterocycles. The Morgan fingerprint density at radius 3 is 2.00 bits per heavy atom. The van der Waals surface area contributed by atoms with Crippen LogP contribution in [0.1, 0.15) is 130 Å². The molecule has 2 aromatic carbocycles. The van der Waals surface area contributed by atoms with Crippen molar-refractivity contribution < 1.29 is 19.1 Å². The van der Waals surface area contributed by atoms with E-state index in [0.717, 1.165) is 18.1 Å². The zero-order valence-electron chi connectivity index (χ0n) is 23.0. The summed E-state index contributed by atoms with van der Waals surface area (Å²) in [6.45, 7) is 4.93. The van der Waals surface area contributed by atoms with Crippen molar-refractivity contribution in [1.29, 1.82) is 0 Å². The number of Topliss-reactive ketones (excluding diaryl/α,β-unsaturated/α-hetero) is 1. The van der Waals surface area contributed by atoms with Crippen molar-refractivity contribution >= 4 is 11.8 Å². The third kappa shape index (κ3) is 9.98. The first-order chi connectivity index (χ1) is 18.1. The predicted octanol–water partition coefficient (Wildman–Crippen LogP) is 8.93. The minimum Gasteiger partial charge on any atom is -0.494 e. The molecule has 2 aromatic rings. The lowest BCUT2D eigenvalue weighted by atomic mass is 9.77. The Morgan fingerprint density at radius 1 is 0.730 bits per heavy atom. The van der Waals surface area contributed by atoms with Crippen LogP contribution in [0.25, 0.3) is 0 Å². The van der Waals surface area contributed by atoms with Crippen molar-refractivity contribution in [3.05, 3.63) is 65.2 Å². The molecule has 0 N–H and O–H groups in total. The van der Waals surface area contributed by atoms with Crippen molar-refractivity contribution in [3.8, 4) is 5.75 Å². The summed E-state index contributed by atoms with van der Waals surface area (Å²) >= 11 is 0. The van der Waals surface area contributed by atoms with Gasteiger partial charge in [-0.25, -0.2) is 4.79 Å². The Balaban J connectivity index is 1.35. The summed E-state index contributed by atoms with van der Waals surface area (Å²) in [7, 11) is 0. The molecule has 0 atom stereocenters. The van der Waals surface area contributed by atoms with Crippen molar-refractivity contribution in [2.24, 2.45) is 5.92 Å². The van der Waals surface area contributed by atoms with Crippen molar-refractivity contribution in [2.75, 3.05) is 13.2 Å². The fraction of sp³-hybridized carbons (Fsp3) is 0.576. The van der Waals surface area contributed by atoms with E-state index in [1.54, 1.807) is 12.1 Å². The molecular formula is C33H46O4. The summed E-state index contributed by atoms with van der Waals surface area (Å²) in [4.78, 5) is 25.0. The molecule has 0 amide bonds. The lowest BCUT2D eigenvalue weighted by molar-refractivity contribution is 0.0474. The molecule has 202 valence electrons. The molecular weight excluding hydrogens is 460 g/mol. The van der Waals surface area contributed by atoms with E-state index in [4.69, 9.17) is 9.47 Å². The topological polar surface area (TPSA) is 52.6 Å². The number of esters is 1. The highest BCUT2D eigenvalue weighted by Crippen LogP contribution is 2.37. The predicted molar refractivity (Wildman–Crippen MR) is 151 cm³/mol. The van der Waals surface area contributed by atoms with Gasteiger partial charge in [-0.1, -0.05) is 77.3 Å². The van der Waals surface area contributed by atoms with Crippen LogP contribution in [-0.2, 0) is 4.74 Å². The van der Waals surface area contributed by atoms with E-state index >= 15 is 0 Å². The van der Waals surface area contributed by atoms with Gasteiger partial charge in [-0.2, -0.15) is 0 Å². The van der Waals surface area contributed by atoms with Gasteiger partial charge < -0.3 is 9.47 Å². The Morgan fingerprint density at radius 2 is 1.35 bits per heavy atom. The van der Waals surface area contributed by atoms with Gasteiger partial charge in [-0.3, -0.25) is 4.79 Å². The van der Waals surface area contributed by atoms with E-state index in [1.165, 1.54) is 82.6 Å². The van der Waals surface area contributed by atoms with Gasteiger partial charge >= 0.3 is 5.97 Å². The number of carbonyl (C=O) groups is 2. The molecule has 0 heterocycles. The fourth-order valence-electron chi connectivity index (χ4n) is 5.37. The number of hydrogen-bond acceptors (Lipinski definition) is 4. The van der Waals surface area contributed by atoms with Gasteiger partial charge in [-0.15, -0.1) is 0 Å². The van der Waals surface area contributed by atoms with Crippen LogP contribution in [0.5, 0.6) is 5.75 Å². The molecule has 1 aliphatic rings. The highest BCUT2D eigenvalue weighted by Gasteiger charge is 2.22. The molecule has 1 aliphatic carbocycles. The zero-order chi connectivity index (χ0) is 26.3. The largest absolute Gasteiger partial charge is 0.494 e. The first-order valence-electron chi connectivity index (χ1n) is 14.6. The summed E-state index contributed by atoms with van der Waals surface area (Å²) in [6, 6.07) is 14.9. The Labute approximate surface area is 224 Å². The third-order valence-electron chi connectivity index (χ3n) is 7.69. The maximum atomic E-state index is 12.5. The van der Waals surface area contributed by atoms with Crippen LogP contribution in [0, 0.1) is 5.92 Å². The molecule has 37 heavy (non-hydrogen) atoms. The Kier molecular flexibility index (Phi) is 12.7. The second-order valence-electron chi connectivity index (χ2n) is 10.6. The molecule has 0 radical (unpaired) electrons. The number of hydrogen-bond donors (Lipinski definition) is 0. The van der Waals surface area contributed by atoms with E-state index in [2.05, 4.69) is 26.0 Å². The molecule has 4 nitrogen and oxygen atoms in total. The van der Waals surface area contributed by atoms with Crippen LogP contribution in [0.15, 0.2) is 48.5 Å². The van der Waals surface area contributed by atoms with Gasteiger partial charge in [0.05, 0.1) is 12.2 Å². The van der Waals surface area contributed by atoms with Crippen LogP contribution in [0.3, 0.4) is 0 Å². The number of unbranched alkanes of at least 4 members (excludes halogenated alkanes) is 6. The highest BCUT2D eigenvalue weighted by molar-refractivity contribution is 5.99. The number of rotatable bonds is 16. The van der Waals surface area contributed by atoms with E-state index in [-0.39, 0.29) is 12.4 Å². The molecule has 1 saturated carbocycles. The maximum Gasteiger partial charge on any atom is 0.338 e. The van der Waals surface area contributed by atoms with Gasteiger partial charge in [0, 0.05) is 5.56 Å². The molecule has 0 bridgehead atoms. The number of carbonyl (C=O) groups excluding carboxylic acids is 2. The molecule has 0 unspecified atom stereocenters. The average molecular weight is 507 g/mol. The van der Waals surface area contributed by atoms with Crippen molar-refractivity contribution in [1.82, 2.24) is 0 Å². The van der Waals surface area contributed by atoms with E-state index in [0.29, 0.717) is 23.7 Å². The summed E-state index contributed by atoms with van der Waals surface area (Å²) in [5, 5.41) is 0. The van der Waals surface area contributed by atoms with Crippen molar-refractivity contribution in [3.63, 3.8) is 0 Å². The summed E-state index contributed by atoms with van der Waals surface area (Å²) in [5.41, 5.74) is 2.31. The Bertz CT molecular complexity index is 924. The molecule has 0 aliphatic heterocycles. The summed E-state index contributed by atoms with van der Waals surface area (Å²) in [5.74, 6) is 1.56. The molecule has 4 heteroatoms. The quantitative estimate of drug-likeness (QED) is 0.130. The summed E-state index contributed by atoms with van der Waals surface area (Å²) < 4.78 is 11.1. The molecule has 0 aromatic heterocycles. The average Bonchev–Trinajstić information content (AvgIpc) is 2.94. The van der Waals surface area contributed by atoms with Crippen molar-refractivity contribution in [2.45, 2.75) is 103 Å². The van der Waals surface area contributed by atoms with Crippen LogP contribution in [0.2, 0.25) is 0 Å². The minimum atomic E-state index is -0.457. The summed E-state index contributed by atoms with van der Waals surface area (Å²) in [6.07, 6.45) is 16.4. The first-order valence-corrected chi connectivity index (χ1v) is 14.6. The molecule has 3 rings (SSSR count). The van der Waals surface area contributed by atoms with E-state index < -0.39 is 5.97 Å². The second-order valence-corrected chi connectivity index (χ2v) is 10.6. The number of ketones is 1. The number of benzene rings is 2.